The van der Waals surface area contributed by atoms with Gasteiger partial charge in [-0.15, -0.1) is 0 Å². The Kier molecular flexibility index (Phi) is 7.84. The molecule has 0 aromatic heterocycles. The van der Waals surface area contributed by atoms with E-state index in [1.54, 1.807) is 0 Å². The lowest BCUT2D eigenvalue weighted by Crippen LogP contribution is -2.67. The first-order chi connectivity index (χ1) is 19.2. The van der Waals surface area contributed by atoms with Gasteiger partial charge in [-0.3, -0.25) is 4.79 Å². The van der Waals surface area contributed by atoms with Gasteiger partial charge in [0.05, 0.1) is 12.3 Å². The number of fused-ring (bicyclic) bond motifs is 7. The number of carbonyl (C=O) groups excluding carboxylic acids is 2. The van der Waals surface area contributed by atoms with E-state index in [-0.39, 0.29) is 59.3 Å². The van der Waals surface area contributed by atoms with Gasteiger partial charge in [0, 0.05) is 25.9 Å². The molecule has 41 heavy (non-hydrogen) atoms. The number of ether oxygens (including phenoxy) is 1. The Morgan fingerprint density at radius 3 is 2.27 bits per heavy atom. The van der Waals surface area contributed by atoms with Crippen LogP contribution in [-0.2, 0) is 19.2 Å². The summed E-state index contributed by atoms with van der Waals surface area (Å²) >= 11 is 0. The lowest BCUT2D eigenvalue weighted by atomic mass is 9.32. The van der Waals surface area contributed by atoms with E-state index in [1.165, 1.54) is 13.8 Å². The van der Waals surface area contributed by atoms with Crippen LogP contribution in [0.4, 0.5) is 0 Å². The van der Waals surface area contributed by atoms with Gasteiger partial charge in [-0.1, -0.05) is 39.4 Å². The number of esters is 1. The molecule has 2 N–H and O–H groups in total. The molecule has 0 aliphatic heterocycles. The van der Waals surface area contributed by atoms with Crippen LogP contribution in [0, 0.1) is 56.7 Å². The zero-order chi connectivity index (χ0) is 30.0. The number of rotatable bonds is 6. The Balaban J connectivity index is 1.52. The minimum absolute atomic E-state index is 0.0282. The maximum atomic E-state index is 12.0. The minimum atomic E-state index is -0.499. The maximum absolute atomic E-state index is 12.0. The number of nitrogens with zero attached hydrogens (tertiary/aromatic N) is 1. The Labute approximate surface area is 246 Å². The number of carbonyl (C=O) groups is 2. The summed E-state index contributed by atoms with van der Waals surface area (Å²) in [6.45, 7) is 17.4. The summed E-state index contributed by atoms with van der Waals surface area (Å²) in [5, 5.41) is 25.2. The smallest absolute Gasteiger partial charge is 0.331 e. The van der Waals surface area contributed by atoms with E-state index in [2.05, 4.69) is 39.4 Å². The molecule has 230 valence electrons. The van der Waals surface area contributed by atoms with E-state index >= 15 is 0 Å². The van der Waals surface area contributed by atoms with Gasteiger partial charge in [0.1, 0.15) is 6.61 Å². The van der Waals surface area contributed by atoms with Crippen LogP contribution in [0.15, 0.2) is 17.3 Å². The van der Waals surface area contributed by atoms with Crippen molar-refractivity contribution in [2.45, 2.75) is 106 Å². The van der Waals surface area contributed by atoms with E-state index in [0.717, 1.165) is 75.5 Å². The van der Waals surface area contributed by atoms with Crippen molar-refractivity contribution in [2.75, 3.05) is 19.8 Å². The van der Waals surface area contributed by atoms with Crippen molar-refractivity contribution >= 4 is 17.7 Å². The normalized spacial score (nSPS) is 47.9. The van der Waals surface area contributed by atoms with Crippen LogP contribution in [-0.4, -0.2) is 47.7 Å². The molecule has 0 spiro atoms. The van der Waals surface area contributed by atoms with Crippen LogP contribution >= 0.6 is 0 Å². The van der Waals surface area contributed by atoms with Crippen molar-refractivity contribution in [3.05, 3.63) is 12.2 Å². The fourth-order valence-electron chi connectivity index (χ4n) is 11.9. The molecular weight excluding hydrogens is 518 g/mol. The van der Waals surface area contributed by atoms with E-state index in [4.69, 9.17) is 9.57 Å². The molecule has 5 rings (SSSR count). The van der Waals surface area contributed by atoms with Crippen molar-refractivity contribution in [1.82, 2.24) is 0 Å². The van der Waals surface area contributed by atoms with Crippen molar-refractivity contribution in [2.24, 2.45) is 61.8 Å². The highest BCUT2D eigenvalue weighted by Crippen LogP contribution is 2.77. The topological polar surface area (TPSA) is 105 Å². The lowest BCUT2D eigenvalue weighted by molar-refractivity contribution is -0.233. The zero-order valence-electron chi connectivity index (χ0n) is 26.3. The molecule has 0 aromatic carbocycles. The standard InChI is InChI=1S/C34H53NO6/c1-21(18-36)24-10-15-34(19-37)17-16-32(6)25(29(24)34)8-9-27-30(4)13-12-28(35-41-23(3)39)31(5,20-40-22(2)38)26(30)11-14-33(27,32)7/h24-27,29,36-37H,1,8-20H2,2-7H3/b35-28-/t24-,25+,26+,27+,29+,30-,31-,32+,33+,34+/m0/s1. The SMILES string of the molecule is C=C(CO)[C@@H]1CC[C@]2(CO)CC[C@]3(C)[C@H](CC[C@@H]4[C@@]5(C)CC/C(=N/OC(C)=O)[C@@](C)(COC(C)=O)[C@@H]5CC[C@]43C)[C@@H]12. The molecule has 0 bridgehead atoms. The molecule has 5 saturated carbocycles. The summed E-state index contributed by atoms with van der Waals surface area (Å²) in [5.74, 6) is 1.17. The molecule has 5 fully saturated rings. The molecular formula is C34H53NO6. The highest BCUT2D eigenvalue weighted by molar-refractivity contribution is 5.91. The van der Waals surface area contributed by atoms with E-state index in [9.17, 15) is 19.8 Å². The van der Waals surface area contributed by atoms with Gasteiger partial charge in [0.2, 0.25) is 0 Å². The molecule has 5 aliphatic rings. The summed E-state index contributed by atoms with van der Waals surface area (Å²) in [7, 11) is 0. The zero-order valence-corrected chi connectivity index (χ0v) is 26.3. The summed E-state index contributed by atoms with van der Waals surface area (Å²) in [4.78, 5) is 28.8. The van der Waals surface area contributed by atoms with Crippen molar-refractivity contribution < 1.29 is 29.4 Å². The monoisotopic (exact) mass is 571 g/mol. The van der Waals surface area contributed by atoms with Crippen LogP contribution in [0.1, 0.15) is 106 Å². The van der Waals surface area contributed by atoms with Gasteiger partial charge in [-0.25, -0.2) is 4.79 Å². The van der Waals surface area contributed by atoms with Crippen molar-refractivity contribution in [1.29, 1.82) is 0 Å². The number of hydrogen-bond donors (Lipinski definition) is 2. The first-order valence-corrected chi connectivity index (χ1v) is 16.0. The third kappa shape index (κ3) is 4.38. The summed E-state index contributed by atoms with van der Waals surface area (Å²) in [5.41, 5.74) is 1.52. The molecule has 10 atom stereocenters. The first-order valence-electron chi connectivity index (χ1n) is 16.0. The van der Waals surface area contributed by atoms with Gasteiger partial charge in [-0.05, 0) is 121 Å². The number of aliphatic hydroxyl groups is 2. The lowest BCUT2D eigenvalue weighted by Gasteiger charge is -2.72. The molecule has 7 heteroatoms. The van der Waals surface area contributed by atoms with E-state index in [1.807, 2.05) is 0 Å². The molecule has 0 saturated heterocycles. The molecule has 0 heterocycles. The van der Waals surface area contributed by atoms with Crippen LogP contribution in [0.2, 0.25) is 0 Å². The first kappa shape index (κ1) is 30.7. The van der Waals surface area contributed by atoms with E-state index in [0.29, 0.717) is 17.8 Å². The quantitative estimate of drug-likeness (QED) is 0.173. The predicted octanol–water partition coefficient (Wildman–Crippen LogP) is 6.07. The second-order valence-corrected chi connectivity index (χ2v) is 15.5. The van der Waals surface area contributed by atoms with Crippen molar-refractivity contribution in [3.8, 4) is 0 Å². The second-order valence-electron chi connectivity index (χ2n) is 15.5. The Morgan fingerprint density at radius 2 is 1.63 bits per heavy atom. The van der Waals surface area contributed by atoms with Gasteiger partial charge < -0.3 is 19.8 Å². The summed E-state index contributed by atoms with van der Waals surface area (Å²) < 4.78 is 5.69. The highest BCUT2D eigenvalue weighted by Gasteiger charge is 2.71. The average molecular weight is 572 g/mol. The summed E-state index contributed by atoms with van der Waals surface area (Å²) in [6, 6.07) is 0. The molecule has 0 unspecified atom stereocenters. The Hall–Kier alpha value is -1.73. The maximum Gasteiger partial charge on any atom is 0.331 e. The molecule has 5 aliphatic carbocycles. The van der Waals surface area contributed by atoms with Crippen LogP contribution in [0.25, 0.3) is 0 Å². The fraction of sp³-hybridized carbons (Fsp3) is 0.853. The second kappa shape index (κ2) is 10.5. The molecule has 7 nitrogen and oxygen atoms in total. The van der Waals surface area contributed by atoms with Gasteiger partial charge in [0.15, 0.2) is 0 Å². The number of aliphatic hydroxyl groups excluding tert-OH is 2. The third-order valence-electron chi connectivity index (χ3n) is 14.1. The van der Waals surface area contributed by atoms with E-state index < -0.39 is 11.4 Å². The Morgan fingerprint density at radius 1 is 0.902 bits per heavy atom. The predicted molar refractivity (Wildman–Crippen MR) is 158 cm³/mol. The van der Waals surface area contributed by atoms with Gasteiger partial charge >= 0.3 is 11.9 Å². The van der Waals surface area contributed by atoms with Gasteiger partial charge in [-0.2, -0.15) is 0 Å². The third-order valence-corrected chi connectivity index (χ3v) is 14.1. The van der Waals surface area contributed by atoms with Gasteiger partial charge in [0.25, 0.3) is 0 Å². The molecule has 0 radical (unpaired) electrons. The highest BCUT2D eigenvalue weighted by atomic mass is 16.7. The minimum Gasteiger partial charge on any atom is -0.465 e. The van der Waals surface area contributed by atoms with Crippen molar-refractivity contribution in [3.63, 3.8) is 0 Å². The van der Waals surface area contributed by atoms with Crippen LogP contribution in [0.5, 0.6) is 0 Å². The Bertz CT molecular complexity index is 1120. The van der Waals surface area contributed by atoms with Crippen LogP contribution < -0.4 is 0 Å². The number of hydrogen-bond acceptors (Lipinski definition) is 7. The molecule has 0 amide bonds. The largest absolute Gasteiger partial charge is 0.465 e. The number of oxime groups is 1. The summed E-state index contributed by atoms with van der Waals surface area (Å²) in [6.07, 6.45) is 10.3. The molecule has 0 aromatic rings. The average Bonchev–Trinajstić information content (AvgIpc) is 3.31. The van der Waals surface area contributed by atoms with Crippen LogP contribution in [0.3, 0.4) is 0 Å². The fourth-order valence-corrected chi connectivity index (χ4v) is 11.9.